The van der Waals surface area contributed by atoms with Crippen LogP contribution in [0.25, 0.3) is 0 Å². The molecule has 0 saturated carbocycles. The number of anilines is 3. The first kappa shape index (κ1) is 17.5. The van der Waals surface area contributed by atoms with Gasteiger partial charge in [-0.05, 0) is 48.9 Å². The van der Waals surface area contributed by atoms with Crippen LogP contribution in [0.3, 0.4) is 0 Å². The van der Waals surface area contributed by atoms with Crippen molar-refractivity contribution in [3.05, 3.63) is 48.0 Å². The van der Waals surface area contributed by atoms with Crippen molar-refractivity contribution in [1.82, 2.24) is 0 Å². The molecule has 0 radical (unpaired) electrons. The van der Waals surface area contributed by atoms with Gasteiger partial charge in [0.25, 0.3) is 5.91 Å². The van der Waals surface area contributed by atoms with Crippen LogP contribution in [0, 0.1) is 6.92 Å². The van der Waals surface area contributed by atoms with E-state index < -0.39 is 6.10 Å². The van der Waals surface area contributed by atoms with E-state index in [1.807, 2.05) is 19.1 Å². The summed E-state index contributed by atoms with van der Waals surface area (Å²) in [5.41, 5.74) is 2.82. The summed E-state index contributed by atoms with van der Waals surface area (Å²) in [7, 11) is 0. The maximum Gasteiger partial charge on any atom is 0.266 e. The molecule has 7 heteroatoms. The van der Waals surface area contributed by atoms with Crippen LogP contribution in [-0.2, 0) is 14.4 Å². The van der Waals surface area contributed by atoms with Crippen molar-refractivity contribution in [3.63, 3.8) is 0 Å². The fraction of sp³-hybridized carbons (Fsp3) is 0.211. The minimum Gasteiger partial charge on any atom is -0.478 e. The Bertz CT molecular complexity index is 862. The molecule has 0 unspecified atom stereocenters. The molecule has 0 saturated heterocycles. The molecular weight excluding hydrogens is 334 g/mol. The first-order chi connectivity index (χ1) is 12.4. The second kappa shape index (κ2) is 7.26. The molecule has 26 heavy (non-hydrogen) atoms. The van der Waals surface area contributed by atoms with Crippen molar-refractivity contribution in [2.75, 3.05) is 16.0 Å². The number of fused-ring (bicyclic) bond motifs is 1. The number of carbonyl (C=O) groups is 3. The SMILES string of the molecule is CC(=O)Nc1ccc(NC(=O)C[C@H]2Oc3ccc(C)cc3NC2=O)cc1. The van der Waals surface area contributed by atoms with Crippen LogP contribution < -0.4 is 20.7 Å². The van der Waals surface area contributed by atoms with Gasteiger partial charge >= 0.3 is 0 Å². The van der Waals surface area contributed by atoms with Crippen LogP contribution in [0.1, 0.15) is 18.9 Å². The van der Waals surface area contributed by atoms with Crippen molar-refractivity contribution in [2.24, 2.45) is 0 Å². The predicted octanol–water partition coefficient (Wildman–Crippen LogP) is 2.68. The molecule has 1 heterocycles. The molecule has 0 aliphatic carbocycles. The number of nitrogens with one attached hydrogen (secondary N) is 3. The lowest BCUT2D eigenvalue weighted by Crippen LogP contribution is -2.39. The maximum atomic E-state index is 12.2. The van der Waals surface area contributed by atoms with Crippen molar-refractivity contribution in [3.8, 4) is 5.75 Å². The van der Waals surface area contributed by atoms with Gasteiger partial charge in [-0.1, -0.05) is 6.07 Å². The van der Waals surface area contributed by atoms with Crippen LogP contribution in [-0.4, -0.2) is 23.8 Å². The van der Waals surface area contributed by atoms with Crippen LogP contribution in [0.4, 0.5) is 17.1 Å². The number of aryl methyl sites for hydroxylation is 1. The Balaban J connectivity index is 1.60. The molecule has 2 aromatic rings. The highest BCUT2D eigenvalue weighted by molar-refractivity contribution is 6.02. The topological polar surface area (TPSA) is 96.5 Å². The van der Waals surface area contributed by atoms with E-state index in [1.54, 1.807) is 30.3 Å². The average molecular weight is 353 g/mol. The lowest BCUT2D eigenvalue weighted by atomic mass is 10.1. The molecule has 1 aliphatic heterocycles. The largest absolute Gasteiger partial charge is 0.478 e. The summed E-state index contributed by atoms with van der Waals surface area (Å²) in [6, 6.07) is 12.2. The molecule has 0 bridgehead atoms. The van der Waals surface area contributed by atoms with E-state index in [4.69, 9.17) is 4.74 Å². The molecule has 134 valence electrons. The summed E-state index contributed by atoms with van der Waals surface area (Å²) in [4.78, 5) is 35.4. The highest BCUT2D eigenvalue weighted by Crippen LogP contribution is 2.31. The van der Waals surface area contributed by atoms with Gasteiger partial charge in [0.05, 0.1) is 12.1 Å². The van der Waals surface area contributed by atoms with Crippen LogP contribution in [0.15, 0.2) is 42.5 Å². The average Bonchev–Trinajstić information content (AvgIpc) is 2.57. The third-order valence-corrected chi connectivity index (χ3v) is 3.81. The zero-order chi connectivity index (χ0) is 18.7. The van der Waals surface area contributed by atoms with Gasteiger partial charge in [0, 0.05) is 18.3 Å². The summed E-state index contributed by atoms with van der Waals surface area (Å²) in [5.74, 6) is -0.308. The van der Waals surface area contributed by atoms with Gasteiger partial charge in [0.15, 0.2) is 6.10 Å². The van der Waals surface area contributed by atoms with Crippen molar-refractivity contribution < 1.29 is 19.1 Å². The molecule has 7 nitrogen and oxygen atoms in total. The van der Waals surface area contributed by atoms with E-state index in [9.17, 15) is 14.4 Å². The van der Waals surface area contributed by atoms with Crippen LogP contribution in [0.5, 0.6) is 5.75 Å². The van der Waals surface area contributed by atoms with Gasteiger partial charge < -0.3 is 20.7 Å². The number of ether oxygens (including phenoxy) is 1. The molecule has 0 fully saturated rings. The second-order valence-electron chi connectivity index (χ2n) is 6.11. The lowest BCUT2D eigenvalue weighted by Gasteiger charge is -2.25. The summed E-state index contributed by atoms with van der Waals surface area (Å²) in [5, 5.41) is 8.12. The number of hydrogen-bond acceptors (Lipinski definition) is 4. The van der Waals surface area contributed by atoms with Gasteiger partial charge in [-0.15, -0.1) is 0 Å². The van der Waals surface area contributed by atoms with Crippen molar-refractivity contribution in [1.29, 1.82) is 0 Å². The molecule has 0 spiro atoms. The molecule has 3 rings (SSSR count). The van der Waals surface area contributed by atoms with Crippen LogP contribution >= 0.6 is 0 Å². The molecule has 3 amide bonds. The Labute approximate surface area is 150 Å². The Hall–Kier alpha value is -3.35. The summed E-state index contributed by atoms with van der Waals surface area (Å²) in [6.07, 6.45) is -0.990. The standard InChI is InChI=1S/C19H19N3O4/c1-11-3-8-16-15(9-11)22-19(25)17(26-16)10-18(24)21-14-6-4-13(5-7-14)20-12(2)23/h3-9,17H,10H2,1-2H3,(H,20,23)(H,21,24)(H,22,25)/t17-/m1/s1. The zero-order valence-electron chi connectivity index (χ0n) is 14.5. The summed E-state index contributed by atoms with van der Waals surface area (Å²) in [6.45, 7) is 3.34. The summed E-state index contributed by atoms with van der Waals surface area (Å²) >= 11 is 0. The highest BCUT2D eigenvalue weighted by Gasteiger charge is 2.29. The third kappa shape index (κ3) is 4.18. The number of hydrogen-bond donors (Lipinski definition) is 3. The first-order valence-corrected chi connectivity index (χ1v) is 8.16. The third-order valence-electron chi connectivity index (χ3n) is 3.81. The minimum atomic E-state index is -0.885. The maximum absolute atomic E-state index is 12.2. The van der Waals surface area contributed by atoms with Crippen molar-refractivity contribution in [2.45, 2.75) is 26.4 Å². The van der Waals surface area contributed by atoms with E-state index in [2.05, 4.69) is 16.0 Å². The molecule has 3 N–H and O–H groups in total. The summed E-state index contributed by atoms with van der Waals surface area (Å²) < 4.78 is 5.65. The second-order valence-corrected chi connectivity index (χ2v) is 6.11. The molecular formula is C19H19N3O4. The fourth-order valence-electron chi connectivity index (χ4n) is 2.62. The Morgan fingerprint density at radius 1 is 1.08 bits per heavy atom. The van der Waals surface area contributed by atoms with Gasteiger partial charge in [0.1, 0.15) is 5.75 Å². The van der Waals surface area contributed by atoms with Gasteiger partial charge in [-0.3, -0.25) is 14.4 Å². The minimum absolute atomic E-state index is 0.105. The normalized spacial score (nSPS) is 15.3. The Morgan fingerprint density at radius 2 is 1.73 bits per heavy atom. The Morgan fingerprint density at radius 3 is 2.38 bits per heavy atom. The molecule has 1 atom stereocenters. The lowest BCUT2D eigenvalue weighted by molar-refractivity contribution is -0.128. The van der Waals surface area contributed by atoms with Gasteiger partial charge in [-0.25, -0.2) is 0 Å². The van der Waals surface area contributed by atoms with E-state index in [0.717, 1.165) is 5.56 Å². The number of benzene rings is 2. The van der Waals surface area contributed by atoms with E-state index in [0.29, 0.717) is 22.8 Å². The first-order valence-electron chi connectivity index (χ1n) is 8.16. The highest BCUT2D eigenvalue weighted by atomic mass is 16.5. The number of amides is 3. The number of rotatable bonds is 4. The van der Waals surface area contributed by atoms with Gasteiger partial charge in [-0.2, -0.15) is 0 Å². The number of carbonyl (C=O) groups excluding carboxylic acids is 3. The molecule has 0 aromatic heterocycles. The smallest absolute Gasteiger partial charge is 0.266 e. The van der Waals surface area contributed by atoms with Gasteiger partial charge in [0.2, 0.25) is 11.8 Å². The fourth-order valence-corrected chi connectivity index (χ4v) is 2.62. The monoisotopic (exact) mass is 353 g/mol. The van der Waals surface area contributed by atoms with E-state index in [-0.39, 0.29) is 24.1 Å². The van der Waals surface area contributed by atoms with Crippen molar-refractivity contribution >= 4 is 34.8 Å². The van der Waals surface area contributed by atoms with E-state index in [1.165, 1.54) is 6.92 Å². The quantitative estimate of drug-likeness (QED) is 0.787. The molecule has 1 aliphatic rings. The van der Waals surface area contributed by atoms with E-state index >= 15 is 0 Å². The Kier molecular flexibility index (Phi) is 4.88. The molecule has 2 aromatic carbocycles. The predicted molar refractivity (Wildman–Crippen MR) is 98.2 cm³/mol. The zero-order valence-corrected chi connectivity index (χ0v) is 14.5. The van der Waals surface area contributed by atoms with Crippen LogP contribution in [0.2, 0.25) is 0 Å².